The molecule has 0 amide bonds. The third-order valence-electron chi connectivity index (χ3n) is 4.20. The summed E-state index contributed by atoms with van der Waals surface area (Å²) < 4.78 is 0. The number of rotatable bonds is 3. The van der Waals surface area contributed by atoms with E-state index in [0.717, 1.165) is 6.54 Å². The summed E-state index contributed by atoms with van der Waals surface area (Å²) in [7, 11) is 4.16. The SMILES string of the molecule is CN(C)c1ccc(C2(CN)CCCCC2)cc1. The van der Waals surface area contributed by atoms with Crippen LogP contribution >= 0.6 is 0 Å². The molecule has 1 aliphatic carbocycles. The number of nitrogens with zero attached hydrogens (tertiary/aromatic N) is 1. The molecule has 2 rings (SSSR count). The molecule has 0 atom stereocenters. The maximum Gasteiger partial charge on any atom is 0.0361 e. The largest absolute Gasteiger partial charge is 0.378 e. The normalized spacial score (nSPS) is 19.0. The van der Waals surface area contributed by atoms with Gasteiger partial charge in [0, 0.05) is 31.7 Å². The molecule has 0 spiro atoms. The lowest BCUT2D eigenvalue weighted by Crippen LogP contribution is -2.37. The van der Waals surface area contributed by atoms with Crippen LogP contribution in [0.5, 0.6) is 0 Å². The first kappa shape index (κ1) is 12.4. The minimum Gasteiger partial charge on any atom is -0.378 e. The minimum atomic E-state index is 0.253. The van der Waals surface area contributed by atoms with Gasteiger partial charge in [-0.15, -0.1) is 0 Å². The Bertz CT molecular complexity index is 348. The maximum atomic E-state index is 6.06. The van der Waals surface area contributed by atoms with Crippen LogP contribution in [-0.2, 0) is 5.41 Å². The van der Waals surface area contributed by atoms with Crippen LogP contribution in [0.25, 0.3) is 0 Å². The van der Waals surface area contributed by atoms with Gasteiger partial charge < -0.3 is 10.6 Å². The highest BCUT2D eigenvalue weighted by Crippen LogP contribution is 2.38. The fraction of sp³-hybridized carbons (Fsp3) is 0.600. The lowest BCUT2D eigenvalue weighted by molar-refractivity contribution is 0.301. The second-order valence-electron chi connectivity index (χ2n) is 5.49. The quantitative estimate of drug-likeness (QED) is 0.868. The lowest BCUT2D eigenvalue weighted by Gasteiger charge is -2.37. The molecule has 2 heteroatoms. The van der Waals surface area contributed by atoms with Crippen molar-refractivity contribution in [1.29, 1.82) is 0 Å². The van der Waals surface area contributed by atoms with E-state index in [0.29, 0.717) is 0 Å². The third kappa shape index (κ3) is 2.47. The molecule has 1 aliphatic rings. The maximum absolute atomic E-state index is 6.06. The molecule has 0 aromatic heterocycles. The predicted molar refractivity (Wildman–Crippen MR) is 74.6 cm³/mol. The van der Waals surface area contributed by atoms with Crippen molar-refractivity contribution in [1.82, 2.24) is 0 Å². The zero-order valence-electron chi connectivity index (χ0n) is 11.1. The first-order valence-electron chi connectivity index (χ1n) is 6.66. The van der Waals surface area contributed by atoms with Crippen molar-refractivity contribution >= 4 is 5.69 Å². The first-order valence-corrected chi connectivity index (χ1v) is 6.66. The van der Waals surface area contributed by atoms with Gasteiger partial charge in [-0.05, 0) is 30.5 Å². The van der Waals surface area contributed by atoms with Gasteiger partial charge in [-0.25, -0.2) is 0 Å². The van der Waals surface area contributed by atoms with Gasteiger partial charge in [-0.1, -0.05) is 31.4 Å². The minimum absolute atomic E-state index is 0.253. The van der Waals surface area contributed by atoms with Crippen LogP contribution in [0.2, 0.25) is 0 Å². The van der Waals surface area contributed by atoms with E-state index in [1.54, 1.807) is 0 Å². The van der Waals surface area contributed by atoms with Crippen LogP contribution in [-0.4, -0.2) is 20.6 Å². The van der Waals surface area contributed by atoms with Gasteiger partial charge in [0.05, 0.1) is 0 Å². The van der Waals surface area contributed by atoms with Gasteiger partial charge in [0.15, 0.2) is 0 Å². The molecular formula is C15H24N2. The van der Waals surface area contributed by atoms with Crippen LogP contribution < -0.4 is 10.6 Å². The molecule has 0 saturated heterocycles. The van der Waals surface area contributed by atoms with Crippen molar-refractivity contribution in [3.05, 3.63) is 29.8 Å². The van der Waals surface area contributed by atoms with Gasteiger partial charge in [0.25, 0.3) is 0 Å². The molecule has 2 N–H and O–H groups in total. The summed E-state index contributed by atoms with van der Waals surface area (Å²) in [6, 6.07) is 8.96. The fourth-order valence-electron chi connectivity index (χ4n) is 2.95. The lowest BCUT2D eigenvalue weighted by atomic mass is 9.69. The van der Waals surface area contributed by atoms with Crippen molar-refractivity contribution in [2.45, 2.75) is 37.5 Å². The molecule has 1 aromatic rings. The van der Waals surface area contributed by atoms with E-state index < -0.39 is 0 Å². The van der Waals surface area contributed by atoms with E-state index in [1.165, 1.54) is 43.4 Å². The zero-order valence-corrected chi connectivity index (χ0v) is 11.1. The molecule has 0 heterocycles. The van der Waals surface area contributed by atoms with E-state index in [-0.39, 0.29) is 5.41 Å². The highest BCUT2D eigenvalue weighted by Gasteiger charge is 2.32. The second kappa shape index (κ2) is 5.09. The van der Waals surface area contributed by atoms with Crippen LogP contribution in [0.3, 0.4) is 0 Å². The Kier molecular flexibility index (Phi) is 3.72. The van der Waals surface area contributed by atoms with Gasteiger partial charge >= 0.3 is 0 Å². The Labute approximate surface area is 105 Å². The Hall–Kier alpha value is -1.02. The molecule has 1 saturated carbocycles. The molecule has 17 heavy (non-hydrogen) atoms. The molecule has 94 valence electrons. The average molecular weight is 232 g/mol. The molecule has 1 fully saturated rings. The first-order chi connectivity index (χ1) is 8.18. The van der Waals surface area contributed by atoms with E-state index in [9.17, 15) is 0 Å². The van der Waals surface area contributed by atoms with Crippen molar-refractivity contribution in [3.63, 3.8) is 0 Å². The monoisotopic (exact) mass is 232 g/mol. The van der Waals surface area contributed by atoms with E-state index in [4.69, 9.17) is 5.73 Å². The number of anilines is 1. The summed E-state index contributed by atoms with van der Waals surface area (Å²) in [6.45, 7) is 0.786. The Balaban J connectivity index is 2.24. The number of hydrogen-bond donors (Lipinski definition) is 1. The van der Waals surface area contributed by atoms with Crippen LogP contribution in [0.15, 0.2) is 24.3 Å². The van der Waals surface area contributed by atoms with Crippen LogP contribution in [0.4, 0.5) is 5.69 Å². The third-order valence-corrected chi connectivity index (χ3v) is 4.20. The van der Waals surface area contributed by atoms with Crippen molar-refractivity contribution in [2.24, 2.45) is 5.73 Å². The highest BCUT2D eigenvalue weighted by molar-refractivity contribution is 5.47. The molecule has 2 nitrogen and oxygen atoms in total. The molecule has 1 aromatic carbocycles. The van der Waals surface area contributed by atoms with Crippen LogP contribution in [0, 0.1) is 0 Å². The summed E-state index contributed by atoms with van der Waals surface area (Å²) in [5, 5.41) is 0. The summed E-state index contributed by atoms with van der Waals surface area (Å²) >= 11 is 0. The molecule has 0 aliphatic heterocycles. The number of nitrogens with two attached hydrogens (primary N) is 1. The Morgan fingerprint density at radius 1 is 1.06 bits per heavy atom. The van der Waals surface area contributed by atoms with E-state index in [2.05, 4.69) is 43.3 Å². The standard InChI is InChI=1S/C15H24N2/c1-17(2)14-8-6-13(7-9-14)15(12-16)10-4-3-5-11-15/h6-9H,3-5,10-12,16H2,1-2H3. The van der Waals surface area contributed by atoms with Gasteiger partial charge in [-0.2, -0.15) is 0 Å². The average Bonchev–Trinajstić information content (AvgIpc) is 2.39. The molecule has 0 unspecified atom stereocenters. The summed E-state index contributed by atoms with van der Waals surface area (Å²) in [4.78, 5) is 2.14. The van der Waals surface area contributed by atoms with E-state index in [1.807, 2.05) is 0 Å². The van der Waals surface area contributed by atoms with Gasteiger partial charge in [0.1, 0.15) is 0 Å². The predicted octanol–water partition coefficient (Wildman–Crippen LogP) is 2.91. The number of hydrogen-bond acceptors (Lipinski definition) is 2. The number of benzene rings is 1. The summed E-state index contributed by atoms with van der Waals surface area (Å²) in [5.74, 6) is 0. The van der Waals surface area contributed by atoms with Crippen molar-refractivity contribution in [3.8, 4) is 0 Å². The summed E-state index contributed by atoms with van der Waals surface area (Å²) in [6.07, 6.45) is 6.53. The zero-order chi connectivity index (χ0) is 12.3. The fourth-order valence-corrected chi connectivity index (χ4v) is 2.95. The molecule has 0 radical (unpaired) electrons. The Morgan fingerprint density at radius 2 is 1.65 bits per heavy atom. The second-order valence-corrected chi connectivity index (χ2v) is 5.49. The molecule has 0 bridgehead atoms. The smallest absolute Gasteiger partial charge is 0.0361 e. The highest BCUT2D eigenvalue weighted by atomic mass is 15.1. The van der Waals surface area contributed by atoms with Crippen molar-refractivity contribution in [2.75, 3.05) is 25.5 Å². The van der Waals surface area contributed by atoms with Gasteiger partial charge in [-0.3, -0.25) is 0 Å². The Morgan fingerprint density at radius 3 is 2.12 bits per heavy atom. The van der Waals surface area contributed by atoms with Crippen molar-refractivity contribution < 1.29 is 0 Å². The van der Waals surface area contributed by atoms with Crippen LogP contribution in [0.1, 0.15) is 37.7 Å². The molecular weight excluding hydrogens is 208 g/mol. The van der Waals surface area contributed by atoms with E-state index >= 15 is 0 Å². The summed E-state index contributed by atoms with van der Waals surface area (Å²) in [5.41, 5.74) is 9.01. The topological polar surface area (TPSA) is 29.3 Å². The van der Waals surface area contributed by atoms with Gasteiger partial charge in [0.2, 0.25) is 0 Å².